The third-order valence-electron chi connectivity index (χ3n) is 1.87. The van der Waals surface area contributed by atoms with Gasteiger partial charge in [0.1, 0.15) is 11.6 Å². The number of aromatic amines is 1. The van der Waals surface area contributed by atoms with Gasteiger partial charge in [0.25, 0.3) is 5.56 Å². The van der Waals surface area contributed by atoms with Crippen LogP contribution < -0.4 is 10.9 Å². The fourth-order valence-corrected chi connectivity index (χ4v) is 1.34. The minimum Gasteiger partial charge on any atom is -0.340 e. The zero-order valence-electron chi connectivity index (χ0n) is 8.00. The SMILES string of the molecule is O=c1cc(Nc2ccc(F)c(Cl)c2)nc[nH]1. The van der Waals surface area contributed by atoms with E-state index < -0.39 is 5.82 Å². The van der Waals surface area contributed by atoms with Gasteiger partial charge in [-0.15, -0.1) is 0 Å². The van der Waals surface area contributed by atoms with Gasteiger partial charge in [0.2, 0.25) is 0 Å². The number of anilines is 2. The zero-order chi connectivity index (χ0) is 11.5. The van der Waals surface area contributed by atoms with Gasteiger partial charge in [0.05, 0.1) is 11.3 Å². The third kappa shape index (κ3) is 2.38. The van der Waals surface area contributed by atoms with Crippen LogP contribution in [0, 0.1) is 5.82 Å². The van der Waals surface area contributed by atoms with Crippen LogP contribution in [0.3, 0.4) is 0 Å². The lowest BCUT2D eigenvalue weighted by atomic mass is 10.3. The Morgan fingerprint density at radius 2 is 2.19 bits per heavy atom. The summed E-state index contributed by atoms with van der Waals surface area (Å²) in [7, 11) is 0. The summed E-state index contributed by atoms with van der Waals surface area (Å²) in [6.07, 6.45) is 1.27. The topological polar surface area (TPSA) is 57.8 Å². The number of rotatable bonds is 2. The summed E-state index contributed by atoms with van der Waals surface area (Å²) in [5.41, 5.74) is 0.287. The molecule has 0 bridgehead atoms. The standard InChI is InChI=1S/C10H7ClFN3O/c11-7-3-6(1-2-8(7)12)15-9-4-10(16)14-5-13-9/h1-5H,(H2,13,14,15,16). The van der Waals surface area contributed by atoms with E-state index >= 15 is 0 Å². The van der Waals surface area contributed by atoms with Crippen LogP contribution in [0.15, 0.2) is 35.4 Å². The van der Waals surface area contributed by atoms with Crippen molar-refractivity contribution in [1.82, 2.24) is 9.97 Å². The predicted molar refractivity (Wildman–Crippen MR) is 59.6 cm³/mol. The molecule has 4 nitrogen and oxygen atoms in total. The zero-order valence-corrected chi connectivity index (χ0v) is 8.75. The third-order valence-corrected chi connectivity index (χ3v) is 2.16. The molecule has 2 rings (SSSR count). The molecule has 0 aliphatic heterocycles. The van der Waals surface area contributed by atoms with Crippen LogP contribution in [0.1, 0.15) is 0 Å². The van der Waals surface area contributed by atoms with Crippen molar-refractivity contribution in [1.29, 1.82) is 0 Å². The molecule has 1 aromatic carbocycles. The van der Waals surface area contributed by atoms with Gasteiger partial charge in [0, 0.05) is 11.8 Å². The van der Waals surface area contributed by atoms with Crippen LogP contribution in [0.25, 0.3) is 0 Å². The summed E-state index contributed by atoms with van der Waals surface area (Å²) >= 11 is 5.61. The van der Waals surface area contributed by atoms with Crippen LogP contribution in [0.5, 0.6) is 0 Å². The van der Waals surface area contributed by atoms with Gasteiger partial charge in [-0.25, -0.2) is 9.37 Å². The fourth-order valence-electron chi connectivity index (χ4n) is 1.16. The smallest absolute Gasteiger partial charge is 0.252 e. The Hall–Kier alpha value is -1.88. The molecule has 0 amide bonds. The number of nitrogens with one attached hydrogen (secondary N) is 2. The van der Waals surface area contributed by atoms with Crippen molar-refractivity contribution in [2.75, 3.05) is 5.32 Å². The highest BCUT2D eigenvalue weighted by molar-refractivity contribution is 6.31. The van der Waals surface area contributed by atoms with Crippen LogP contribution in [-0.4, -0.2) is 9.97 Å². The lowest BCUT2D eigenvalue weighted by Crippen LogP contribution is -2.06. The minimum absolute atomic E-state index is 0.00911. The lowest BCUT2D eigenvalue weighted by Gasteiger charge is -2.05. The van der Waals surface area contributed by atoms with E-state index in [-0.39, 0.29) is 10.6 Å². The van der Waals surface area contributed by atoms with Gasteiger partial charge in [0.15, 0.2) is 0 Å². The highest BCUT2D eigenvalue weighted by atomic mass is 35.5. The van der Waals surface area contributed by atoms with Gasteiger partial charge >= 0.3 is 0 Å². The Kier molecular flexibility index (Phi) is 2.87. The summed E-state index contributed by atoms with van der Waals surface area (Å²) in [5, 5.41) is 2.84. The molecule has 0 saturated heterocycles. The van der Waals surface area contributed by atoms with Crippen molar-refractivity contribution < 1.29 is 4.39 Å². The first-order valence-electron chi connectivity index (χ1n) is 4.42. The Morgan fingerprint density at radius 3 is 2.88 bits per heavy atom. The fraction of sp³-hybridized carbons (Fsp3) is 0. The van der Waals surface area contributed by atoms with Crippen molar-refractivity contribution in [3.8, 4) is 0 Å². The summed E-state index contributed by atoms with van der Waals surface area (Å²) in [6.45, 7) is 0. The van der Waals surface area contributed by atoms with Gasteiger partial charge in [-0.1, -0.05) is 11.6 Å². The monoisotopic (exact) mass is 239 g/mol. The Morgan fingerprint density at radius 1 is 1.38 bits per heavy atom. The maximum absolute atomic E-state index is 12.9. The molecule has 0 fully saturated rings. The van der Waals surface area contributed by atoms with Crippen molar-refractivity contribution in [3.05, 3.63) is 51.8 Å². The molecular weight excluding hydrogens is 233 g/mol. The van der Waals surface area contributed by atoms with E-state index in [1.165, 1.54) is 30.6 Å². The van der Waals surface area contributed by atoms with Crippen molar-refractivity contribution >= 4 is 23.1 Å². The Labute approximate surface area is 95.1 Å². The van der Waals surface area contributed by atoms with E-state index in [2.05, 4.69) is 15.3 Å². The molecule has 0 aliphatic carbocycles. The molecular formula is C10H7ClFN3O. The molecule has 2 aromatic rings. The molecule has 82 valence electrons. The van der Waals surface area contributed by atoms with Crippen molar-refractivity contribution in [3.63, 3.8) is 0 Å². The molecule has 6 heteroatoms. The first-order valence-corrected chi connectivity index (χ1v) is 4.80. The number of aromatic nitrogens is 2. The second-order valence-corrected chi connectivity index (χ2v) is 3.46. The number of nitrogens with zero attached hydrogens (tertiary/aromatic N) is 1. The molecule has 16 heavy (non-hydrogen) atoms. The molecule has 1 aromatic heterocycles. The van der Waals surface area contributed by atoms with Crippen molar-refractivity contribution in [2.45, 2.75) is 0 Å². The lowest BCUT2D eigenvalue weighted by molar-refractivity contribution is 0.628. The number of H-pyrrole nitrogens is 1. The Balaban J connectivity index is 2.27. The van der Waals surface area contributed by atoms with E-state index in [9.17, 15) is 9.18 Å². The molecule has 0 atom stereocenters. The van der Waals surface area contributed by atoms with E-state index in [1.54, 1.807) is 0 Å². The van der Waals surface area contributed by atoms with Gasteiger partial charge in [-0.2, -0.15) is 0 Å². The van der Waals surface area contributed by atoms with Crippen LogP contribution >= 0.6 is 11.6 Å². The summed E-state index contributed by atoms with van der Waals surface area (Å²) in [4.78, 5) is 17.2. The van der Waals surface area contributed by atoms with E-state index in [0.29, 0.717) is 11.5 Å². The maximum Gasteiger partial charge on any atom is 0.252 e. The second-order valence-electron chi connectivity index (χ2n) is 3.05. The van der Waals surface area contributed by atoms with E-state index in [1.807, 2.05) is 0 Å². The summed E-state index contributed by atoms with van der Waals surface area (Å²) in [6, 6.07) is 5.44. The average molecular weight is 240 g/mol. The minimum atomic E-state index is -0.494. The number of halogens is 2. The molecule has 0 radical (unpaired) electrons. The molecule has 0 unspecified atom stereocenters. The van der Waals surface area contributed by atoms with Crippen LogP contribution in [0.2, 0.25) is 5.02 Å². The van der Waals surface area contributed by atoms with Gasteiger partial charge in [-0.05, 0) is 18.2 Å². The second kappa shape index (κ2) is 4.32. The quantitative estimate of drug-likeness (QED) is 0.846. The average Bonchev–Trinajstić information content (AvgIpc) is 2.24. The molecule has 1 heterocycles. The number of hydrogen-bond donors (Lipinski definition) is 2. The number of hydrogen-bond acceptors (Lipinski definition) is 3. The first kappa shape index (κ1) is 10.6. The molecule has 0 aliphatic rings. The normalized spacial score (nSPS) is 10.1. The van der Waals surface area contributed by atoms with Crippen LogP contribution in [-0.2, 0) is 0 Å². The van der Waals surface area contributed by atoms with Crippen LogP contribution in [0.4, 0.5) is 15.9 Å². The highest BCUT2D eigenvalue weighted by Gasteiger charge is 2.01. The predicted octanol–water partition coefficient (Wildman–Crippen LogP) is 2.31. The van der Waals surface area contributed by atoms with E-state index in [0.717, 1.165) is 0 Å². The highest BCUT2D eigenvalue weighted by Crippen LogP contribution is 2.21. The Bertz CT molecular complexity index is 570. The van der Waals surface area contributed by atoms with Gasteiger partial charge < -0.3 is 10.3 Å². The van der Waals surface area contributed by atoms with Crippen molar-refractivity contribution in [2.24, 2.45) is 0 Å². The summed E-state index contributed by atoms with van der Waals surface area (Å²) < 4.78 is 12.9. The molecule has 0 saturated carbocycles. The van der Waals surface area contributed by atoms with Gasteiger partial charge in [-0.3, -0.25) is 4.79 Å². The largest absolute Gasteiger partial charge is 0.340 e. The van der Waals surface area contributed by atoms with E-state index in [4.69, 9.17) is 11.6 Å². The first-order chi connectivity index (χ1) is 7.65. The number of benzene rings is 1. The molecule has 0 spiro atoms. The molecule has 2 N–H and O–H groups in total. The maximum atomic E-state index is 12.9. The summed E-state index contributed by atoms with van der Waals surface area (Å²) in [5.74, 6) is -0.127.